The van der Waals surface area contributed by atoms with Gasteiger partial charge >= 0.3 is 0 Å². The van der Waals surface area contributed by atoms with E-state index in [0.29, 0.717) is 41.7 Å². The van der Waals surface area contributed by atoms with Crippen LogP contribution in [-0.2, 0) is 10.0 Å². The van der Waals surface area contributed by atoms with Crippen LogP contribution >= 0.6 is 22.9 Å². The first kappa shape index (κ1) is 20.4. The van der Waals surface area contributed by atoms with Crippen molar-refractivity contribution >= 4 is 43.2 Å². The van der Waals surface area contributed by atoms with Crippen LogP contribution < -0.4 is 9.47 Å². The van der Waals surface area contributed by atoms with Crippen molar-refractivity contribution in [3.05, 3.63) is 47.0 Å². The van der Waals surface area contributed by atoms with Gasteiger partial charge in [0.05, 0.1) is 22.2 Å². The molecule has 4 rings (SSSR count). The van der Waals surface area contributed by atoms with Crippen LogP contribution in [0.5, 0.6) is 10.9 Å². The Hall–Kier alpha value is -1.87. The average Bonchev–Trinajstić information content (AvgIpc) is 3.11. The van der Waals surface area contributed by atoms with Crippen LogP contribution in [0.25, 0.3) is 10.2 Å². The van der Waals surface area contributed by atoms with Crippen LogP contribution in [0.15, 0.2) is 41.3 Å². The van der Waals surface area contributed by atoms with Gasteiger partial charge in [-0.2, -0.15) is 4.31 Å². The van der Waals surface area contributed by atoms with Crippen molar-refractivity contribution < 1.29 is 17.9 Å². The van der Waals surface area contributed by atoms with Crippen molar-refractivity contribution in [2.45, 2.75) is 30.8 Å². The number of fused-ring (bicyclic) bond motifs is 1. The summed E-state index contributed by atoms with van der Waals surface area (Å²) in [5.74, 6) is 0.754. The van der Waals surface area contributed by atoms with Crippen molar-refractivity contribution in [1.29, 1.82) is 0 Å². The number of piperidine rings is 1. The molecule has 154 valence electrons. The summed E-state index contributed by atoms with van der Waals surface area (Å²) in [6, 6.07) is 10.7. The Kier molecular flexibility index (Phi) is 5.70. The summed E-state index contributed by atoms with van der Waals surface area (Å²) >= 11 is 7.49. The highest BCUT2D eigenvalue weighted by Gasteiger charge is 2.31. The summed E-state index contributed by atoms with van der Waals surface area (Å²) in [6.45, 7) is 2.58. The number of hydrogen-bond acceptors (Lipinski definition) is 6. The molecule has 0 aliphatic carbocycles. The maximum absolute atomic E-state index is 13.0. The van der Waals surface area contributed by atoms with E-state index in [-0.39, 0.29) is 11.0 Å². The molecule has 0 unspecified atom stereocenters. The van der Waals surface area contributed by atoms with Crippen LogP contribution in [0.4, 0.5) is 0 Å². The first-order valence-electron chi connectivity index (χ1n) is 9.24. The fraction of sp³-hybridized carbons (Fsp3) is 0.350. The lowest BCUT2D eigenvalue weighted by atomic mass is 10.1. The van der Waals surface area contributed by atoms with Crippen molar-refractivity contribution in [2.75, 3.05) is 20.2 Å². The summed E-state index contributed by atoms with van der Waals surface area (Å²) in [5.41, 5.74) is 1.53. The molecule has 9 heteroatoms. The monoisotopic (exact) mass is 452 g/mol. The molecule has 1 aliphatic heterocycles. The number of methoxy groups -OCH3 is 1. The SMILES string of the molecule is COc1ccc2sc(OC3CCN(S(=O)(=O)c4cc(Cl)ccc4C)CC3)nc2c1. The van der Waals surface area contributed by atoms with E-state index in [1.54, 1.807) is 26.2 Å². The summed E-state index contributed by atoms with van der Waals surface area (Å²) in [4.78, 5) is 4.79. The third-order valence-electron chi connectivity index (χ3n) is 5.01. The Morgan fingerprint density at radius 1 is 1.17 bits per heavy atom. The molecular weight excluding hydrogens is 432 g/mol. The number of halogens is 1. The molecule has 6 nitrogen and oxygen atoms in total. The number of ether oxygens (including phenoxy) is 2. The maximum Gasteiger partial charge on any atom is 0.274 e. The zero-order valence-electron chi connectivity index (χ0n) is 16.1. The standard InChI is InChI=1S/C20H21ClN2O4S2/c1-13-3-4-14(21)11-19(13)29(24,25)23-9-7-15(8-10-23)27-20-22-17-12-16(26-2)5-6-18(17)28-20/h3-6,11-12,15H,7-10H2,1-2H3. The first-order valence-corrected chi connectivity index (χ1v) is 11.9. The first-order chi connectivity index (χ1) is 13.9. The lowest BCUT2D eigenvalue weighted by Crippen LogP contribution is -2.41. The largest absolute Gasteiger partial charge is 0.497 e. The van der Waals surface area contributed by atoms with E-state index in [1.807, 2.05) is 18.2 Å². The van der Waals surface area contributed by atoms with Gasteiger partial charge in [-0.15, -0.1) is 0 Å². The van der Waals surface area contributed by atoms with Gasteiger partial charge in [-0.1, -0.05) is 29.0 Å². The van der Waals surface area contributed by atoms with Crippen LogP contribution in [0.2, 0.25) is 5.02 Å². The maximum atomic E-state index is 13.0. The fourth-order valence-electron chi connectivity index (χ4n) is 3.39. The molecule has 0 atom stereocenters. The number of thiazole rings is 1. The number of rotatable bonds is 5. The molecule has 0 amide bonds. The van der Waals surface area contributed by atoms with Gasteiger partial charge in [0, 0.05) is 24.2 Å². The second-order valence-corrected chi connectivity index (χ2v) is 10.3. The Morgan fingerprint density at radius 3 is 2.66 bits per heavy atom. The minimum absolute atomic E-state index is 0.0654. The van der Waals surface area contributed by atoms with Gasteiger partial charge in [0.2, 0.25) is 10.0 Å². The van der Waals surface area contributed by atoms with Crippen LogP contribution in [0, 0.1) is 6.92 Å². The van der Waals surface area contributed by atoms with Gasteiger partial charge in [0.15, 0.2) is 0 Å². The summed E-state index contributed by atoms with van der Waals surface area (Å²) < 4.78 is 39.8. The number of sulfonamides is 1. The average molecular weight is 453 g/mol. The van der Waals surface area contributed by atoms with Gasteiger partial charge in [0.1, 0.15) is 11.9 Å². The molecule has 1 aromatic heterocycles. The molecule has 1 fully saturated rings. The second-order valence-electron chi connectivity index (χ2n) is 6.94. The molecule has 2 aromatic carbocycles. The lowest BCUT2D eigenvalue weighted by Gasteiger charge is -2.31. The van der Waals surface area contributed by atoms with Gasteiger partial charge in [-0.3, -0.25) is 0 Å². The zero-order chi connectivity index (χ0) is 20.6. The fourth-order valence-corrected chi connectivity index (χ4v) is 6.21. The van der Waals surface area contributed by atoms with Crippen LogP contribution in [0.3, 0.4) is 0 Å². The van der Waals surface area contributed by atoms with Gasteiger partial charge in [-0.05, 0) is 49.6 Å². The molecule has 29 heavy (non-hydrogen) atoms. The minimum Gasteiger partial charge on any atom is -0.497 e. The summed E-state index contributed by atoms with van der Waals surface area (Å²) in [6.07, 6.45) is 1.15. The van der Waals surface area contributed by atoms with Crippen molar-refractivity contribution in [3.63, 3.8) is 0 Å². The second kappa shape index (κ2) is 8.10. The number of nitrogens with zero attached hydrogens (tertiary/aromatic N) is 2. The Morgan fingerprint density at radius 2 is 1.93 bits per heavy atom. The topological polar surface area (TPSA) is 68.7 Å². The minimum atomic E-state index is -3.57. The van der Waals surface area contributed by atoms with E-state index in [2.05, 4.69) is 4.98 Å². The van der Waals surface area contributed by atoms with E-state index < -0.39 is 10.0 Å². The third-order valence-corrected chi connectivity index (χ3v) is 8.21. The van der Waals surface area contributed by atoms with E-state index >= 15 is 0 Å². The molecule has 2 heterocycles. The quantitative estimate of drug-likeness (QED) is 0.570. The molecule has 0 saturated carbocycles. The smallest absolute Gasteiger partial charge is 0.274 e. The van der Waals surface area contributed by atoms with E-state index in [9.17, 15) is 8.42 Å². The Bertz CT molecular complexity index is 1140. The predicted molar refractivity (Wildman–Crippen MR) is 115 cm³/mol. The number of hydrogen-bond donors (Lipinski definition) is 0. The Labute approximate surface area is 179 Å². The molecule has 1 aliphatic rings. The molecular formula is C20H21ClN2O4S2. The molecule has 0 N–H and O–H groups in total. The highest BCUT2D eigenvalue weighted by molar-refractivity contribution is 7.89. The van der Waals surface area contributed by atoms with Crippen LogP contribution in [-0.4, -0.2) is 44.0 Å². The summed E-state index contributed by atoms with van der Waals surface area (Å²) in [7, 11) is -1.95. The van der Waals surface area contributed by atoms with Crippen molar-refractivity contribution in [3.8, 4) is 10.9 Å². The normalized spacial score (nSPS) is 16.2. The molecule has 0 bridgehead atoms. The molecule has 0 spiro atoms. The van der Waals surface area contributed by atoms with E-state index in [1.165, 1.54) is 21.7 Å². The number of benzene rings is 2. The van der Waals surface area contributed by atoms with Gasteiger partial charge in [0.25, 0.3) is 5.19 Å². The molecule has 3 aromatic rings. The van der Waals surface area contributed by atoms with E-state index in [0.717, 1.165) is 16.0 Å². The van der Waals surface area contributed by atoms with E-state index in [4.69, 9.17) is 21.1 Å². The van der Waals surface area contributed by atoms with Gasteiger partial charge in [-0.25, -0.2) is 13.4 Å². The van der Waals surface area contributed by atoms with Crippen molar-refractivity contribution in [1.82, 2.24) is 9.29 Å². The molecule has 0 radical (unpaired) electrons. The highest BCUT2D eigenvalue weighted by Crippen LogP contribution is 2.32. The van der Waals surface area contributed by atoms with Gasteiger partial charge < -0.3 is 9.47 Å². The summed E-state index contributed by atoms with van der Waals surface area (Å²) in [5, 5.41) is 1.01. The highest BCUT2D eigenvalue weighted by atomic mass is 35.5. The zero-order valence-corrected chi connectivity index (χ0v) is 18.5. The third kappa shape index (κ3) is 4.21. The lowest BCUT2D eigenvalue weighted by molar-refractivity contribution is 0.135. The Balaban J connectivity index is 1.43. The number of aromatic nitrogens is 1. The van der Waals surface area contributed by atoms with Crippen LogP contribution in [0.1, 0.15) is 18.4 Å². The molecule has 1 saturated heterocycles. The predicted octanol–water partition coefficient (Wildman–Crippen LogP) is 4.50. The number of aryl methyl sites for hydroxylation is 1. The van der Waals surface area contributed by atoms with Crippen molar-refractivity contribution in [2.24, 2.45) is 0 Å².